The molecule has 3 rings (SSSR count). The van der Waals surface area contributed by atoms with Gasteiger partial charge < -0.3 is 15.8 Å². The molecule has 1 fully saturated rings. The van der Waals surface area contributed by atoms with Crippen molar-refractivity contribution in [3.8, 4) is 5.75 Å². The van der Waals surface area contributed by atoms with Crippen molar-refractivity contribution in [3.05, 3.63) is 23.8 Å². The van der Waals surface area contributed by atoms with Crippen molar-refractivity contribution in [2.24, 2.45) is 5.73 Å². The van der Waals surface area contributed by atoms with Crippen LogP contribution in [-0.2, 0) is 4.79 Å². The summed E-state index contributed by atoms with van der Waals surface area (Å²) in [6.45, 7) is 0.694. The van der Waals surface area contributed by atoms with Crippen molar-refractivity contribution >= 4 is 11.6 Å². The molecule has 5 N–H and O–H groups in total. The zero-order valence-corrected chi connectivity index (χ0v) is 9.90. The first-order chi connectivity index (χ1) is 8.76. The summed E-state index contributed by atoms with van der Waals surface area (Å²) in [4.78, 5) is 11.3. The molecule has 0 spiro atoms. The van der Waals surface area contributed by atoms with E-state index in [1.807, 2.05) is 18.2 Å². The molecule has 0 aliphatic carbocycles. The van der Waals surface area contributed by atoms with Gasteiger partial charge in [-0.25, -0.2) is 5.43 Å². The minimum absolute atomic E-state index is 0.0881. The highest BCUT2D eigenvalue weighted by Gasteiger charge is 2.25. The summed E-state index contributed by atoms with van der Waals surface area (Å²) >= 11 is 0. The highest BCUT2D eigenvalue weighted by atomic mass is 16.5. The van der Waals surface area contributed by atoms with E-state index in [1.165, 1.54) is 0 Å². The van der Waals surface area contributed by atoms with Gasteiger partial charge in [0.05, 0.1) is 5.69 Å². The van der Waals surface area contributed by atoms with Gasteiger partial charge in [-0.15, -0.1) is 0 Å². The monoisotopic (exact) mass is 248 g/mol. The molecule has 2 atom stereocenters. The number of nitrogens with one attached hydrogen (secondary N) is 3. The fourth-order valence-corrected chi connectivity index (χ4v) is 2.31. The number of anilines is 1. The molecule has 0 bridgehead atoms. The largest absolute Gasteiger partial charge is 0.482 e. The van der Waals surface area contributed by atoms with E-state index in [-0.39, 0.29) is 24.6 Å². The summed E-state index contributed by atoms with van der Waals surface area (Å²) in [6, 6.07) is 6.35. The molecule has 1 aromatic carbocycles. The number of fused-ring (bicyclic) bond motifs is 1. The first kappa shape index (κ1) is 11.5. The standard InChI is InChI=1S/C12H16N4O2/c13-5-8-4-9(16-15-8)7-1-2-11-10(3-7)14-12(17)6-18-11/h1-3,8-9,15-16H,4-6,13H2,(H,14,17). The number of carbonyl (C=O) groups excluding carboxylic acids is 1. The number of hydrogen-bond donors (Lipinski definition) is 4. The Hall–Kier alpha value is -1.63. The highest BCUT2D eigenvalue weighted by molar-refractivity contribution is 5.95. The molecule has 2 heterocycles. The second-order valence-corrected chi connectivity index (χ2v) is 4.60. The molecule has 6 heteroatoms. The van der Waals surface area contributed by atoms with E-state index in [1.54, 1.807) is 0 Å². The van der Waals surface area contributed by atoms with Crippen molar-refractivity contribution in [1.82, 2.24) is 10.9 Å². The van der Waals surface area contributed by atoms with Crippen molar-refractivity contribution in [3.63, 3.8) is 0 Å². The Labute approximate surface area is 105 Å². The van der Waals surface area contributed by atoms with Gasteiger partial charge in [-0.2, -0.15) is 0 Å². The van der Waals surface area contributed by atoms with Crippen LogP contribution in [-0.4, -0.2) is 25.1 Å². The van der Waals surface area contributed by atoms with E-state index in [0.29, 0.717) is 6.54 Å². The van der Waals surface area contributed by atoms with Gasteiger partial charge >= 0.3 is 0 Å². The fraction of sp³-hybridized carbons (Fsp3) is 0.417. The third-order valence-corrected chi connectivity index (χ3v) is 3.31. The molecule has 96 valence electrons. The number of rotatable bonds is 2. The SMILES string of the molecule is NCC1CC(c2ccc3c(c2)NC(=O)CO3)NN1. The third-order valence-electron chi connectivity index (χ3n) is 3.31. The number of hydrazine groups is 1. The first-order valence-corrected chi connectivity index (χ1v) is 6.04. The number of benzene rings is 1. The van der Waals surface area contributed by atoms with Gasteiger partial charge in [-0.3, -0.25) is 10.2 Å². The maximum Gasteiger partial charge on any atom is 0.262 e. The zero-order valence-electron chi connectivity index (χ0n) is 9.90. The number of amides is 1. The average molecular weight is 248 g/mol. The van der Waals surface area contributed by atoms with Crippen LogP contribution in [0.5, 0.6) is 5.75 Å². The molecule has 2 aliphatic rings. The Morgan fingerprint density at radius 3 is 3.06 bits per heavy atom. The van der Waals surface area contributed by atoms with Gasteiger partial charge in [0, 0.05) is 18.6 Å². The molecule has 1 amide bonds. The van der Waals surface area contributed by atoms with Gasteiger partial charge in [-0.1, -0.05) is 6.07 Å². The minimum Gasteiger partial charge on any atom is -0.482 e. The number of nitrogens with two attached hydrogens (primary N) is 1. The van der Waals surface area contributed by atoms with Gasteiger partial charge in [0.25, 0.3) is 5.91 Å². The highest BCUT2D eigenvalue weighted by Crippen LogP contribution is 2.32. The van der Waals surface area contributed by atoms with E-state index in [0.717, 1.165) is 23.4 Å². The zero-order chi connectivity index (χ0) is 12.5. The summed E-state index contributed by atoms with van der Waals surface area (Å²) in [5, 5.41) is 2.81. The predicted octanol–water partition coefficient (Wildman–Crippen LogP) is -0.116. The van der Waals surface area contributed by atoms with Gasteiger partial charge in [0.2, 0.25) is 0 Å². The molecule has 0 radical (unpaired) electrons. The maximum atomic E-state index is 11.3. The molecule has 2 unspecified atom stereocenters. The molecule has 0 aromatic heterocycles. The molecule has 18 heavy (non-hydrogen) atoms. The lowest BCUT2D eigenvalue weighted by Gasteiger charge is -2.20. The Bertz CT molecular complexity index is 477. The lowest BCUT2D eigenvalue weighted by Crippen LogP contribution is -2.35. The number of ether oxygens (including phenoxy) is 1. The minimum atomic E-state index is -0.114. The summed E-state index contributed by atoms with van der Waals surface area (Å²) in [5.41, 5.74) is 13.8. The lowest BCUT2D eigenvalue weighted by atomic mass is 10.0. The second kappa shape index (κ2) is 4.56. The van der Waals surface area contributed by atoms with Crippen LogP contribution in [0.4, 0.5) is 5.69 Å². The molecule has 1 aromatic rings. The van der Waals surface area contributed by atoms with Gasteiger partial charge in [-0.05, 0) is 24.1 Å². The van der Waals surface area contributed by atoms with Crippen molar-refractivity contribution in [2.75, 3.05) is 18.5 Å². The molecular formula is C12H16N4O2. The average Bonchev–Trinajstić information content (AvgIpc) is 2.86. The van der Waals surface area contributed by atoms with Crippen LogP contribution in [0.2, 0.25) is 0 Å². The Morgan fingerprint density at radius 2 is 2.28 bits per heavy atom. The van der Waals surface area contributed by atoms with Crippen LogP contribution in [0.3, 0.4) is 0 Å². The molecule has 6 nitrogen and oxygen atoms in total. The topological polar surface area (TPSA) is 88.4 Å². The van der Waals surface area contributed by atoms with Gasteiger partial charge in [0.1, 0.15) is 5.75 Å². The third kappa shape index (κ3) is 2.05. The van der Waals surface area contributed by atoms with Crippen LogP contribution in [0.15, 0.2) is 18.2 Å². The summed E-state index contributed by atoms with van der Waals surface area (Å²) in [7, 11) is 0. The second-order valence-electron chi connectivity index (χ2n) is 4.60. The Morgan fingerprint density at radius 1 is 1.39 bits per heavy atom. The summed E-state index contributed by atoms with van der Waals surface area (Å²) in [6.07, 6.45) is 0.935. The molecular weight excluding hydrogens is 232 g/mol. The first-order valence-electron chi connectivity index (χ1n) is 6.04. The maximum absolute atomic E-state index is 11.3. The van der Waals surface area contributed by atoms with E-state index in [9.17, 15) is 4.79 Å². The lowest BCUT2D eigenvalue weighted by molar-refractivity contribution is -0.118. The molecule has 0 saturated carbocycles. The predicted molar refractivity (Wildman–Crippen MR) is 67.0 cm³/mol. The van der Waals surface area contributed by atoms with E-state index < -0.39 is 0 Å². The molecule has 1 saturated heterocycles. The number of carbonyl (C=O) groups is 1. The van der Waals surface area contributed by atoms with Crippen LogP contribution in [0.25, 0.3) is 0 Å². The van der Waals surface area contributed by atoms with Gasteiger partial charge in [0.15, 0.2) is 6.61 Å². The van der Waals surface area contributed by atoms with Crippen molar-refractivity contribution in [1.29, 1.82) is 0 Å². The quantitative estimate of drug-likeness (QED) is 0.586. The summed E-state index contributed by atoms with van der Waals surface area (Å²) < 4.78 is 5.33. The normalized spacial score (nSPS) is 26.4. The summed E-state index contributed by atoms with van der Waals surface area (Å²) in [5.74, 6) is 0.608. The van der Waals surface area contributed by atoms with Crippen LogP contribution >= 0.6 is 0 Å². The number of hydrogen-bond acceptors (Lipinski definition) is 5. The Balaban J connectivity index is 1.82. The molecule has 2 aliphatic heterocycles. The van der Waals surface area contributed by atoms with E-state index in [4.69, 9.17) is 10.5 Å². The van der Waals surface area contributed by atoms with Crippen LogP contribution < -0.4 is 26.6 Å². The smallest absolute Gasteiger partial charge is 0.262 e. The van der Waals surface area contributed by atoms with Crippen molar-refractivity contribution in [2.45, 2.75) is 18.5 Å². The fourth-order valence-electron chi connectivity index (χ4n) is 2.31. The van der Waals surface area contributed by atoms with E-state index >= 15 is 0 Å². The Kier molecular flexibility index (Phi) is 2.91. The van der Waals surface area contributed by atoms with Crippen LogP contribution in [0.1, 0.15) is 18.0 Å². The van der Waals surface area contributed by atoms with Crippen LogP contribution in [0, 0.1) is 0 Å². The van der Waals surface area contributed by atoms with Crippen molar-refractivity contribution < 1.29 is 9.53 Å². The van der Waals surface area contributed by atoms with E-state index in [2.05, 4.69) is 16.2 Å².